The molecule has 0 radical (unpaired) electrons. The molecule has 0 aliphatic carbocycles. The van der Waals surface area contributed by atoms with Crippen LogP contribution in [0.25, 0.3) is 10.4 Å². The van der Waals surface area contributed by atoms with Gasteiger partial charge < -0.3 is 10.2 Å². The molecule has 6 heteroatoms. The number of piperidine rings is 1. The third-order valence-electron chi connectivity index (χ3n) is 2.93. The van der Waals surface area contributed by atoms with E-state index in [2.05, 4.69) is 20.2 Å². The van der Waals surface area contributed by atoms with Gasteiger partial charge in [0.25, 0.3) is 0 Å². The van der Waals surface area contributed by atoms with E-state index in [9.17, 15) is 4.79 Å². The maximum Gasteiger partial charge on any atom is 0.216 e. The second-order valence-electron chi connectivity index (χ2n) is 4.18. The second kappa shape index (κ2) is 7.09. The molecular formula is C10H19N5O. The number of hydrogen-bond donors (Lipinski definition) is 1. The van der Waals surface area contributed by atoms with Crippen molar-refractivity contribution < 1.29 is 4.79 Å². The predicted molar refractivity (Wildman–Crippen MR) is 61.9 cm³/mol. The van der Waals surface area contributed by atoms with Gasteiger partial charge in [-0.05, 0) is 37.4 Å². The van der Waals surface area contributed by atoms with E-state index in [-0.39, 0.29) is 5.91 Å². The average molecular weight is 225 g/mol. The normalized spacial score (nSPS) is 17.8. The number of carbonyl (C=O) groups excluding carboxylic acids is 1. The molecular weight excluding hydrogens is 206 g/mol. The Kier molecular flexibility index (Phi) is 5.67. The van der Waals surface area contributed by atoms with Gasteiger partial charge in [0.05, 0.1) is 0 Å². The molecule has 16 heavy (non-hydrogen) atoms. The molecule has 0 atom stereocenters. The van der Waals surface area contributed by atoms with Crippen LogP contribution in [-0.2, 0) is 4.79 Å². The number of carbonyl (C=O) groups is 1. The van der Waals surface area contributed by atoms with Crippen molar-refractivity contribution in [2.75, 3.05) is 32.7 Å². The minimum Gasteiger partial charge on any atom is -0.356 e. The minimum absolute atomic E-state index is 0.0470. The number of likely N-dealkylation sites (tertiary alicyclic amines) is 1. The molecule has 1 aliphatic heterocycles. The van der Waals surface area contributed by atoms with Gasteiger partial charge >= 0.3 is 0 Å². The van der Waals surface area contributed by atoms with E-state index in [1.54, 1.807) is 6.92 Å². The van der Waals surface area contributed by atoms with E-state index in [1.807, 2.05) is 0 Å². The Bertz CT molecular complexity index is 252. The van der Waals surface area contributed by atoms with E-state index in [1.165, 1.54) is 0 Å². The summed E-state index contributed by atoms with van der Waals surface area (Å²) in [7, 11) is 0. The molecule has 0 aromatic heterocycles. The molecule has 0 aromatic rings. The van der Waals surface area contributed by atoms with E-state index in [4.69, 9.17) is 5.53 Å². The molecule has 1 heterocycles. The van der Waals surface area contributed by atoms with Gasteiger partial charge in [-0.15, -0.1) is 0 Å². The first-order valence-electron chi connectivity index (χ1n) is 5.70. The Morgan fingerprint density at radius 3 is 2.81 bits per heavy atom. The molecule has 0 saturated carbocycles. The third-order valence-corrected chi connectivity index (χ3v) is 2.93. The number of nitrogens with zero attached hydrogens (tertiary/aromatic N) is 4. The molecule has 0 spiro atoms. The van der Waals surface area contributed by atoms with Crippen molar-refractivity contribution in [3.8, 4) is 0 Å². The standard InChI is InChI=1S/C10H19N5O/c1-9(16)12-8-10-2-5-15(6-3-10)7-4-13-14-11/h10H,2-8H2,1H3,(H,12,16). The Morgan fingerprint density at radius 2 is 2.25 bits per heavy atom. The summed E-state index contributed by atoms with van der Waals surface area (Å²) < 4.78 is 0. The van der Waals surface area contributed by atoms with E-state index in [0.29, 0.717) is 12.5 Å². The summed E-state index contributed by atoms with van der Waals surface area (Å²) in [6.07, 6.45) is 2.22. The number of amides is 1. The van der Waals surface area contributed by atoms with Crippen molar-refractivity contribution in [3.63, 3.8) is 0 Å². The van der Waals surface area contributed by atoms with Crippen LogP contribution in [0.5, 0.6) is 0 Å². The highest BCUT2D eigenvalue weighted by atomic mass is 16.1. The van der Waals surface area contributed by atoms with Crippen LogP contribution in [-0.4, -0.2) is 43.5 Å². The van der Waals surface area contributed by atoms with Crippen LogP contribution < -0.4 is 5.32 Å². The van der Waals surface area contributed by atoms with Crippen LogP contribution in [0.3, 0.4) is 0 Å². The minimum atomic E-state index is 0.0470. The van der Waals surface area contributed by atoms with Gasteiger partial charge in [-0.25, -0.2) is 0 Å². The number of rotatable bonds is 5. The highest BCUT2D eigenvalue weighted by Crippen LogP contribution is 2.15. The molecule has 0 unspecified atom stereocenters. The smallest absolute Gasteiger partial charge is 0.216 e. The van der Waals surface area contributed by atoms with Crippen molar-refractivity contribution in [2.45, 2.75) is 19.8 Å². The van der Waals surface area contributed by atoms with E-state index in [0.717, 1.165) is 39.0 Å². The van der Waals surface area contributed by atoms with Crippen LogP contribution in [0.4, 0.5) is 0 Å². The predicted octanol–water partition coefficient (Wildman–Crippen LogP) is 1.14. The molecule has 1 aliphatic rings. The summed E-state index contributed by atoms with van der Waals surface area (Å²) in [5.41, 5.74) is 8.16. The fourth-order valence-corrected chi connectivity index (χ4v) is 1.93. The molecule has 1 N–H and O–H groups in total. The first kappa shape index (κ1) is 12.8. The largest absolute Gasteiger partial charge is 0.356 e. The first-order valence-corrected chi connectivity index (χ1v) is 5.70. The van der Waals surface area contributed by atoms with Crippen molar-refractivity contribution in [3.05, 3.63) is 10.4 Å². The molecule has 0 bridgehead atoms. The zero-order valence-electron chi connectivity index (χ0n) is 9.72. The molecule has 1 saturated heterocycles. The van der Waals surface area contributed by atoms with Crippen molar-refractivity contribution >= 4 is 5.91 Å². The van der Waals surface area contributed by atoms with Gasteiger partial charge in [-0.3, -0.25) is 4.79 Å². The second-order valence-corrected chi connectivity index (χ2v) is 4.18. The van der Waals surface area contributed by atoms with Crippen molar-refractivity contribution in [1.29, 1.82) is 0 Å². The van der Waals surface area contributed by atoms with E-state index >= 15 is 0 Å². The summed E-state index contributed by atoms with van der Waals surface area (Å²) in [4.78, 5) is 15.8. The molecule has 1 rings (SSSR count). The molecule has 90 valence electrons. The van der Waals surface area contributed by atoms with Gasteiger partial charge in [-0.2, -0.15) is 0 Å². The van der Waals surface area contributed by atoms with Crippen LogP contribution in [0.1, 0.15) is 19.8 Å². The summed E-state index contributed by atoms with van der Waals surface area (Å²) in [6.45, 7) is 5.80. The molecule has 1 amide bonds. The van der Waals surface area contributed by atoms with Crippen LogP contribution in [0, 0.1) is 5.92 Å². The van der Waals surface area contributed by atoms with Crippen LogP contribution >= 0.6 is 0 Å². The maximum atomic E-state index is 10.8. The van der Waals surface area contributed by atoms with Gasteiger partial charge in [0.15, 0.2) is 0 Å². The van der Waals surface area contributed by atoms with Gasteiger partial charge in [0.1, 0.15) is 0 Å². The first-order chi connectivity index (χ1) is 7.72. The zero-order chi connectivity index (χ0) is 11.8. The fourth-order valence-electron chi connectivity index (χ4n) is 1.93. The highest BCUT2D eigenvalue weighted by Gasteiger charge is 2.18. The summed E-state index contributed by atoms with van der Waals surface area (Å²) in [5.74, 6) is 0.644. The Labute approximate surface area is 95.6 Å². The van der Waals surface area contributed by atoms with Crippen LogP contribution in [0.2, 0.25) is 0 Å². The molecule has 0 aromatic carbocycles. The van der Waals surface area contributed by atoms with Gasteiger partial charge in [0, 0.05) is 31.5 Å². The maximum absolute atomic E-state index is 10.8. The SMILES string of the molecule is CC(=O)NCC1CCN(CCN=[N+]=[N-])CC1. The summed E-state index contributed by atoms with van der Waals surface area (Å²) in [6, 6.07) is 0. The lowest BCUT2D eigenvalue weighted by molar-refractivity contribution is -0.119. The van der Waals surface area contributed by atoms with Crippen LogP contribution in [0.15, 0.2) is 5.11 Å². The average Bonchev–Trinajstić information content (AvgIpc) is 2.28. The fraction of sp³-hybridized carbons (Fsp3) is 0.900. The van der Waals surface area contributed by atoms with Crippen molar-refractivity contribution in [1.82, 2.24) is 10.2 Å². The third kappa shape index (κ3) is 5.00. The lowest BCUT2D eigenvalue weighted by Crippen LogP contribution is -2.39. The molecule has 1 fully saturated rings. The number of nitrogens with one attached hydrogen (secondary N) is 1. The highest BCUT2D eigenvalue weighted by molar-refractivity contribution is 5.72. The summed E-state index contributed by atoms with van der Waals surface area (Å²) in [5, 5.41) is 6.38. The molecule has 6 nitrogen and oxygen atoms in total. The number of azide groups is 1. The lowest BCUT2D eigenvalue weighted by atomic mass is 9.97. The monoisotopic (exact) mass is 225 g/mol. The Balaban J connectivity index is 2.13. The Hall–Kier alpha value is -1.26. The van der Waals surface area contributed by atoms with E-state index < -0.39 is 0 Å². The van der Waals surface area contributed by atoms with Gasteiger partial charge in [-0.1, -0.05) is 5.11 Å². The Morgan fingerprint density at radius 1 is 1.56 bits per heavy atom. The number of hydrogen-bond acceptors (Lipinski definition) is 3. The summed E-state index contributed by atoms with van der Waals surface area (Å²) >= 11 is 0. The zero-order valence-corrected chi connectivity index (χ0v) is 9.72. The quantitative estimate of drug-likeness (QED) is 0.432. The van der Waals surface area contributed by atoms with Crippen molar-refractivity contribution in [2.24, 2.45) is 11.0 Å². The topological polar surface area (TPSA) is 81.1 Å². The lowest BCUT2D eigenvalue weighted by Gasteiger charge is -2.31. The van der Waals surface area contributed by atoms with Gasteiger partial charge in [0.2, 0.25) is 5.91 Å².